The second-order valence-corrected chi connectivity index (χ2v) is 13.4. The van der Waals surface area contributed by atoms with Crippen molar-refractivity contribution in [3.63, 3.8) is 0 Å². The lowest BCUT2D eigenvalue weighted by atomic mass is 9.81. The van der Waals surface area contributed by atoms with Gasteiger partial charge in [-0.3, -0.25) is 4.98 Å². The second-order valence-electron chi connectivity index (χ2n) is 13.4. The van der Waals surface area contributed by atoms with Crippen molar-refractivity contribution in [1.29, 1.82) is 0 Å². The second kappa shape index (κ2) is 12.0. The third-order valence-corrected chi connectivity index (χ3v) is 9.99. The highest BCUT2D eigenvalue weighted by atomic mass is 15.0. The molecule has 0 spiro atoms. The molecule has 51 heavy (non-hydrogen) atoms. The van der Waals surface area contributed by atoms with Gasteiger partial charge in [-0.05, 0) is 80.0 Å². The fourth-order valence-corrected chi connectivity index (χ4v) is 7.38. The van der Waals surface area contributed by atoms with E-state index in [1.54, 1.807) is 6.20 Å². The maximum Gasteiger partial charge on any atom is 0.202 e. The standard InChI is InChI=1S/C46H31N5/c1-46(2)39-26-31(20-21-38(39)41-40(46)27-32-17-10-11-19-37(32)42(41)47-3)34-23-35(33-18-12-22-48-28-33)25-36(24-34)45-50-43(29-13-6-4-7-14-29)49-44(51-45)30-15-8-5-9-16-30/h4-28H,1-2H3. The first-order chi connectivity index (χ1) is 25.0. The lowest BCUT2D eigenvalue weighted by Gasteiger charge is -2.23. The Morgan fingerprint density at radius 3 is 1.75 bits per heavy atom. The smallest absolute Gasteiger partial charge is 0.202 e. The van der Waals surface area contributed by atoms with E-state index in [4.69, 9.17) is 21.5 Å². The van der Waals surface area contributed by atoms with E-state index in [2.05, 4.69) is 84.3 Å². The van der Waals surface area contributed by atoms with Crippen LogP contribution in [0, 0.1) is 6.57 Å². The van der Waals surface area contributed by atoms with E-state index in [9.17, 15) is 0 Å². The highest BCUT2D eigenvalue weighted by Gasteiger charge is 2.38. The number of nitrogens with zero attached hydrogens (tertiary/aromatic N) is 5. The number of hydrogen-bond donors (Lipinski definition) is 0. The van der Waals surface area contributed by atoms with Crippen molar-refractivity contribution in [1.82, 2.24) is 19.9 Å². The van der Waals surface area contributed by atoms with Crippen LogP contribution in [0.1, 0.15) is 25.0 Å². The third kappa shape index (κ3) is 5.17. The number of hydrogen-bond acceptors (Lipinski definition) is 4. The van der Waals surface area contributed by atoms with Gasteiger partial charge in [-0.25, -0.2) is 19.8 Å². The number of rotatable bonds is 5. The zero-order valence-corrected chi connectivity index (χ0v) is 28.2. The molecule has 0 unspecified atom stereocenters. The molecule has 5 nitrogen and oxygen atoms in total. The summed E-state index contributed by atoms with van der Waals surface area (Å²) >= 11 is 0. The van der Waals surface area contributed by atoms with E-state index < -0.39 is 0 Å². The highest BCUT2D eigenvalue weighted by molar-refractivity contribution is 6.06. The molecule has 0 fully saturated rings. The first kappa shape index (κ1) is 30.3. The monoisotopic (exact) mass is 653 g/mol. The fourth-order valence-electron chi connectivity index (χ4n) is 7.38. The molecule has 8 aromatic rings. The Bertz CT molecular complexity index is 2600. The summed E-state index contributed by atoms with van der Waals surface area (Å²) in [5.41, 5.74) is 11.9. The molecule has 240 valence electrons. The van der Waals surface area contributed by atoms with Gasteiger partial charge < -0.3 is 0 Å². The molecule has 1 aliphatic rings. The minimum atomic E-state index is -0.294. The van der Waals surface area contributed by atoms with Gasteiger partial charge in [-0.2, -0.15) is 0 Å². The van der Waals surface area contributed by atoms with Crippen molar-refractivity contribution in [3.05, 3.63) is 174 Å². The van der Waals surface area contributed by atoms with Gasteiger partial charge >= 0.3 is 0 Å². The van der Waals surface area contributed by atoms with Crippen molar-refractivity contribution < 1.29 is 0 Å². The maximum absolute atomic E-state index is 8.20. The fraction of sp³-hybridized carbons (Fsp3) is 0.0652. The molecular weight excluding hydrogens is 623 g/mol. The van der Waals surface area contributed by atoms with E-state index in [0.717, 1.165) is 66.5 Å². The minimum absolute atomic E-state index is 0.294. The Morgan fingerprint density at radius 2 is 1.10 bits per heavy atom. The summed E-state index contributed by atoms with van der Waals surface area (Å²) in [6.45, 7) is 12.7. The van der Waals surface area contributed by atoms with Crippen LogP contribution < -0.4 is 0 Å². The van der Waals surface area contributed by atoms with E-state index in [-0.39, 0.29) is 5.41 Å². The van der Waals surface area contributed by atoms with Gasteiger partial charge in [0.05, 0.1) is 6.57 Å². The summed E-state index contributed by atoms with van der Waals surface area (Å²) in [5, 5.41) is 2.09. The Kier molecular flexibility index (Phi) is 7.12. The molecule has 0 amide bonds. The highest BCUT2D eigenvalue weighted by Crippen LogP contribution is 2.55. The van der Waals surface area contributed by atoms with Crippen molar-refractivity contribution in [2.75, 3.05) is 0 Å². The Morgan fingerprint density at radius 1 is 0.510 bits per heavy atom. The van der Waals surface area contributed by atoms with Gasteiger partial charge in [0.2, 0.25) is 5.69 Å². The Balaban J connectivity index is 1.25. The SMILES string of the molecule is [C-]#[N+]c1c2c(cc3ccccc13)C(C)(C)c1cc(-c3cc(-c4cccnc4)cc(-c4nc(-c5ccccc5)nc(-c5ccccc5)n4)c3)ccc1-2. The van der Waals surface area contributed by atoms with Crippen LogP contribution in [0.2, 0.25) is 0 Å². The largest absolute Gasteiger partial charge is 0.264 e. The quantitative estimate of drug-likeness (QED) is 0.173. The topological polar surface area (TPSA) is 55.9 Å². The predicted octanol–water partition coefficient (Wildman–Crippen LogP) is 11.6. The van der Waals surface area contributed by atoms with Crippen molar-refractivity contribution >= 4 is 16.5 Å². The Hall–Kier alpha value is -6.77. The van der Waals surface area contributed by atoms with E-state index in [1.807, 2.05) is 85.1 Å². The van der Waals surface area contributed by atoms with Crippen molar-refractivity contribution in [2.45, 2.75) is 19.3 Å². The van der Waals surface area contributed by atoms with Crippen LogP contribution in [0.25, 0.3) is 83.2 Å². The summed E-state index contributed by atoms with van der Waals surface area (Å²) in [6.07, 6.45) is 3.68. The minimum Gasteiger partial charge on any atom is -0.264 e. The average molecular weight is 654 g/mol. The molecule has 0 radical (unpaired) electrons. The summed E-state index contributed by atoms with van der Waals surface area (Å²) in [6, 6.07) is 47.8. The molecule has 2 aromatic heterocycles. The maximum atomic E-state index is 8.20. The van der Waals surface area contributed by atoms with Crippen LogP contribution in [0.15, 0.2) is 152 Å². The van der Waals surface area contributed by atoms with Gasteiger partial charge in [0.25, 0.3) is 0 Å². The molecule has 0 atom stereocenters. The van der Waals surface area contributed by atoms with Crippen LogP contribution in [0.5, 0.6) is 0 Å². The number of aromatic nitrogens is 4. The van der Waals surface area contributed by atoms with Crippen LogP contribution in [0.3, 0.4) is 0 Å². The zero-order valence-electron chi connectivity index (χ0n) is 28.2. The summed E-state index contributed by atoms with van der Waals surface area (Å²) < 4.78 is 0. The van der Waals surface area contributed by atoms with Crippen molar-refractivity contribution in [3.8, 4) is 67.5 Å². The molecule has 9 rings (SSSR count). The third-order valence-electron chi connectivity index (χ3n) is 9.99. The lowest BCUT2D eigenvalue weighted by Crippen LogP contribution is -2.15. The normalized spacial score (nSPS) is 12.6. The summed E-state index contributed by atoms with van der Waals surface area (Å²) in [4.78, 5) is 23.6. The molecule has 0 aliphatic heterocycles. The molecule has 0 saturated heterocycles. The van der Waals surface area contributed by atoms with Gasteiger partial charge in [-0.15, -0.1) is 0 Å². The molecule has 0 N–H and O–H groups in total. The molecule has 2 heterocycles. The van der Waals surface area contributed by atoms with Gasteiger partial charge in [0, 0.05) is 40.1 Å². The van der Waals surface area contributed by atoms with Gasteiger partial charge in [0.1, 0.15) is 0 Å². The number of fused-ring (bicyclic) bond motifs is 4. The molecular formula is C46H31N5. The van der Waals surface area contributed by atoms with Crippen LogP contribution in [-0.4, -0.2) is 19.9 Å². The number of pyridine rings is 1. The van der Waals surface area contributed by atoms with Crippen LogP contribution >= 0.6 is 0 Å². The predicted molar refractivity (Wildman–Crippen MR) is 206 cm³/mol. The molecule has 5 heteroatoms. The molecule has 6 aromatic carbocycles. The van der Waals surface area contributed by atoms with Gasteiger partial charge in [0.15, 0.2) is 17.5 Å². The van der Waals surface area contributed by atoms with E-state index in [0.29, 0.717) is 17.5 Å². The lowest BCUT2D eigenvalue weighted by molar-refractivity contribution is 0.661. The van der Waals surface area contributed by atoms with Gasteiger partial charge in [-0.1, -0.05) is 123 Å². The molecule has 0 saturated carbocycles. The van der Waals surface area contributed by atoms with Crippen LogP contribution in [-0.2, 0) is 5.41 Å². The zero-order chi connectivity index (χ0) is 34.5. The van der Waals surface area contributed by atoms with Crippen LogP contribution in [0.4, 0.5) is 5.69 Å². The van der Waals surface area contributed by atoms with E-state index in [1.165, 1.54) is 11.1 Å². The first-order valence-electron chi connectivity index (χ1n) is 17.0. The Labute approximate surface area is 296 Å². The van der Waals surface area contributed by atoms with E-state index >= 15 is 0 Å². The van der Waals surface area contributed by atoms with Crippen molar-refractivity contribution in [2.24, 2.45) is 0 Å². The first-order valence-corrected chi connectivity index (χ1v) is 17.0. The summed E-state index contributed by atoms with van der Waals surface area (Å²) in [5.74, 6) is 1.83. The molecule has 0 bridgehead atoms. The average Bonchev–Trinajstić information content (AvgIpc) is 3.42. The molecule has 1 aliphatic carbocycles. The summed E-state index contributed by atoms with van der Waals surface area (Å²) in [7, 11) is 0. The number of benzene rings is 6.